The molecule has 0 aromatic heterocycles. The molecule has 0 bridgehead atoms. The third-order valence-electron chi connectivity index (χ3n) is 5.30. The molecule has 2 rings (SSSR count). The first-order chi connectivity index (χ1) is 9.40. The van der Waals surface area contributed by atoms with Crippen LogP contribution in [0.5, 0.6) is 0 Å². The van der Waals surface area contributed by atoms with Crippen molar-refractivity contribution in [1.82, 2.24) is 0 Å². The van der Waals surface area contributed by atoms with Crippen LogP contribution >= 0.6 is 7.26 Å². The molecular weight excluding hydrogens is 265 g/mol. The van der Waals surface area contributed by atoms with E-state index in [-0.39, 0.29) is 11.1 Å². The Morgan fingerprint density at radius 1 is 1.20 bits per heavy atom. The van der Waals surface area contributed by atoms with Crippen LogP contribution in [0.25, 0.3) is 0 Å². The number of aryl methyl sites for hydroxylation is 2. The number of benzene rings is 1. The highest BCUT2D eigenvalue weighted by atomic mass is 31.2. The van der Waals surface area contributed by atoms with E-state index in [9.17, 15) is 4.79 Å². The van der Waals surface area contributed by atoms with Crippen molar-refractivity contribution in [3.63, 3.8) is 0 Å². The molecule has 110 valence electrons. The molecule has 0 saturated heterocycles. The van der Waals surface area contributed by atoms with Crippen molar-refractivity contribution in [3.05, 3.63) is 29.3 Å². The molecule has 1 aromatic rings. The van der Waals surface area contributed by atoms with Gasteiger partial charge in [-0.1, -0.05) is 18.2 Å². The second-order valence-electron chi connectivity index (χ2n) is 6.28. The monoisotopic (exact) mass is 292 g/mol. The molecule has 1 aromatic carbocycles. The van der Waals surface area contributed by atoms with E-state index in [4.69, 9.17) is 0 Å². The zero-order valence-corrected chi connectivity index (χ0v) is 14.3. The number of anilines is 1. The lowest BCUT2D eigenvalue weighted by Crippen LogP contribution is -2.34. The Kier molecular flexibility index (Phi) is 4.25. The molecule has 1 N–H and O–H groups in total. The zero-order valence-electron chi connectivity index (χ0n) is 13.4. The van der Waals surface area contributed by atoms with Gasteiger partial charge in [0.25, 0.3) is 5.91 Å². The highest BCUT2D eigenvalue weighted by molar-refractivity contribution is 7.77. The minimum absolute atomic E-state index is 0.0365. The van der Waals surface area contributed by atoms with E-state index in [1.807, 2.05) is 6.07 Å². The van der Waals surface area contributed by atoms with Gasteiger partial charge in [0, 0.05) is 32.5 Å². The molecule has 1 aliphatic carbocycles. The predicted molar refractivity (Wildman–Crippen MR) is 90.4 cm³/mol. The molecule has 0 aliphatic heterocycles. The summed E-state index contributed by atoms with van der Waals surface area (Å²) in [5.41, 5.74) is 3.33. The van der Waals surface area contributed by atoms with Crippen LogP contribution in [0.1, 0.15) is 37.8 Å². The Hall–Kier alpha value is -0.880. The normalized spacial score (nSPS) is 16.9. The lowest BCUT2D eigenvalue weighted by atomic mass is 10.1. The zero-order chi connectivity index (χ0) is 15.0. The van der Waals surface area contributed by atoms with Crippen LogP contribution in [-0.4, -0.2) is 30.1 Å². The van der Waals surface area contributed by atoms with Crippen LogP contribution in [-0.2, 0) is 4.79 Å². The van der Waals surface area contributed by atoms with E-state index in [0.717, 1.165) is 29.7 Å². The average Bonchev–Trinajstić information content (AvgIpc) is 3.24. The Morgan fingerprint density at radius 2 is 1.70 bits per heavy atom. The highest BCUT2D eigenvalue weighted by Gasteiger charge is 2.66. The summed E-state index contributed by atoms with van der Waals surface area (Å²) in [4.78, 5) is 12.9. The van der Waals surface area contributed by atoms with E-state index in [2.05, 4.69) is 51.8 Å². The maximum absolute atomic E-state index is 12.9. The molecule has 0 atom stereocenters. The van der Waals surface area contributed by atoms with Gasteiger partial charge in [-0.2, -0.15) is 0 Å². The Labute approximate surface area is 123 Å². The van der Waals surface area contributed by atoms with Gasteiger partial charge in [0.05, 0.1) is 12.3 Å². The number of carbonyl (C=O) groups excluding carboxylic acids is 1. The summed E-state index contributed by atoms with van der Waals surface area (Å²) in [5.74, 6) is 0.273. The third kappa shape index (κ3) is 2.39. The largest absolute Gasteiger partial charge is 0.322 e. The average molecular weight is 292 g/mol. The van der Waals surface area contributed by atoms with Gasteiger partial charge >= 0.3 is 0 Å². The molecule has 1 saturated carbocycles. The van der Waals surface area contributed by atoms with E-state index in [1.54, 1.807) is 0 Å². The lowest BCUT2D eigenvalue weighted by Gasteiger charge is -2.29. The van der Waals surface area contributed by atoms with Gasteiger partial charge in [-0.25, -0.2) is 0 Å². The summed E-state index contributed by atoms with van der Waals surface area (Å²) in [6, 6.07) is 6.18. The van der Waals surface area contributed by atoms with Crippen LogP contribution < -0.4 is 5.32 Å². The van der Waals surface area contributed by atoms with Gasteiger partial charge in [-0.3, -0.25) is 4.79 Å². The molecule has 0 radical (unpaired) electrons. The minimum atomic E-state index is -1.16. The van der Waals surface area contributed by atoms with E-state index >= 15 is 0 Å². The van der Waals surface area contributed by atoms with Crippen LogP contribution in [0, 0.1) is 13.8 Å². The fourth-order valence-electron chi connectivity index (χ4n) is 3.20. The highest BCUT2D eigenvalue weighted by Crippen LogP contribution is 2.75. The maximum Gasteiger partial charge on any atom is 0.268 e. The van der Waals surface area contributed by atoms with Crippen molar-refractivity contribution < 1.29 is 4.79 Å². The molecule has 2 nitrogen and oxygen atoms in total. The lowest BCUT2D eigenvalue weighted by molar-refractivity contribution is -0.116. The number of hydrogen-bond donors (Lipinski definition) is 1. The summed E-state index contributed by atoms with van der Waals surface area (Å²) >= 11 is 0. The first-order valence-corrected chi connectivity index (χ1v) is 10.2. The summed E-state index contributed by atoms with van der Waals surface area (Å²) in [6.45, 7) is 11.0. The van der Waals surface area contributed by atoms with Crippen molar-refractivity contribution >= 4 is 18.9 Å². The first-order valence-electron chi connectivity index (χ1n) is 7.62. The fraction of sp³-hybridized carbons (Fsp3) is 0.588. The molecular formula is C17H27NOP+. The van der Waals surface area contributed by atoms with Crippen LogP contribution in [0.15, 0.2) is 18.2 Å². The van der Waals surface area contributed by atoms with Gasteiger partial charge in [0.1, 0.15) is 0 Å². The van der Waals surface area contributed by atoms with Gasteiger partial charge in [0.2, 0.25) is 0 Å². The molecule has 1 fully saturated rings. The first kappa shape index (κ1) is 15.5. The molecule has 3 heteroatoms. The van der Waals surface area contributed by atoms with Gasteiger partial charge in [-0.05, 0) is 38.8 Å². The summed E-state index contributed by atoms with van der Waals surface area (Å²) in [6.07, 6.45) is 4.50. The number of rotatable bonds is 5. The molecule has 1 amide bonds. The van der Waals surface area contributed by atoms with Gasteiger partial charge in [0.15, 0.2) is 5.16 Å². The third-order valence-corrected chi connectivity index (χ3v) is 10.8. The second kappa shape index (κ2) is 5.48. The number of hydrogen-bond acceptors (Lipinski definition) is 1. The van der Waals surface area contributed by atoms with E-state index in [1.165, 1.54) is 12.3 Å². The van der Waals surface area contributed by atoms with Crippen molar-refractivity contribution in [2.45, 2.75) is 45.7 Å². The Bertz CT molecular complexity index is 495. The summed E-state index contributed by atoms with van der Waals surface area (Å²) in [7, 11) is -1.16. The Morgan fingerprint density at radius 3 is 2.10 bits per heavy atom. The number of amides is 1. The second-order valence-corrected chi connectivity index (χ2v) is 11.2. The predicted octanol–water partition coefficient (Wildman–Crippen LogP) is 4.46. The molecule has 0 unspecified atom stereocenters. The van der Waals surface area contributed by atoms with Gasteiger partial charge in [-0.15, -0.1) is 0 Å². The fourth-order valence-corrected chi connectivity index (χ4v) is 6.60. The molecule has 1 aliphatic rings. The SMILES string of the molecule is CC[P+](C)(CC)C1(C(=O)Nc2c(C)cccc2C)CC1. The van der Waals surface area contributed by atoms with Gasteiger partial charge < -0.3 is 5.32 Å². The van der Waals surface area contributed by atoms with Crippen molar-refractivity contribution in [1.29, 1.82) is 0 Å². The number of nitrogens with one attached hydrogen (secondary N) is 1. The van der Waals surface area contributed by atoms with E-state index in [0.29, 0.717) is 0 Å². The quantitative estimate of drug-likeness (QED) is 0.797. The van der Waals surface area contributed by atoms with Crippen LogP contribution in [0.2, 0.25) is 0 Å². The van der Waals surface area contributed by atoms with Crippen molar-refractivity contribution in [2.24, 2.45) is 0 Å². The smallest absolute Gasteiger partial charge is 0.268 e. The number of para-hydroxylation sites is 1. The minimum Gasteiger partial charge on any atom is -0.322 e. The van der Waals surface area contributed by atoms with Crippen LogP contribution in [0.4, 0.5) is 5.69 Å². The molecule has 20 heavy (non-hydrogen) atoms. The summed E-state index contributed by atoms with van der Waals surface area (Å²) < 4.78 is 0. The van der Waals surface area contributed by atoms with Crippen LogP contribution in [0.3, 0.4) is 0 Å². The molecule has 0 spiro atoms. The standard InChI is InChI=1S/C17H26NOP/c1-6-20(5,7-2)17(11-12-17)16(19)18-15-13(3)9-8-10-14(15)4/h8-10H,6-7,11-12H2,1-5H3/p+1. The Balaban J connectivity index is 2.25. The van der Waals surface area contributed by atoms with Crippen molar-refractivity contribution in [2.75, 3.05) is 24.3 Å². The van der Waals surface area contributed by atoms with E-state index < -0.39 is 7.26 Å². The topological polar surface area (TPSA) is 29.1 Å². The summed E-state index contributed by atoms with van der Waals surface area (Å²) in [5, 5.41) is 3.21. The molecule has 0 heterocycles. The maximum atomic E-state index is 12.9. The number of carbonyl (C=O) groups is 1. The van der Waals surface area contributed by atoms with Crippen molar-refractivity contribution in [3.8, 4) is 0 Å².